The van der Waals surface area contributed by atoms with Crippen molar-refractivity contribution in [2.45, 2.75) is 46.0 Å². The number of aromatic hydroxyl groups is 1. The molecule has 0 radical (unpaired) electrons. The summed E-state index contributed by atoms with van der Waals surface area (Å²) in [6.07, 6.45) is 3.23. The molecule has 14 heteroatoms. The van der Waals surface area contributed by atoms with Crippen molar-refractivity contribution in [3.05, 3.63) is 67.1 Å². The lowest BCUT2D eigenvalue weighted by Crippen LogP contribution is -2.49. The number of carbonyl (C=O) groups is 4. The molecule has 3 fully saturated rings. The minimum atomic E-state index is -1.31. The number of phenolic OH excluding ortho intramolecular Hbond substituents is 1. The molecule has 2 saturated heterocycles. The van der Waals surface area contributed by atoms with Gasteiger partial charge in [0.1, 0.15) is 11.5 Å². The largest absolute Gasteiger partial charge is 0.503 e. The third kappa shape index (κ3) is 4.80. The molecule has 2 aliphatic carbocycles. The molecule has 2 aromatic carbocycles. The zero-order valence-corrected chi connectivity index (χ0v) is 33.7. The second-order valence-corrected chi connectivity index (χ2v) is 17.4. The number of aromatic nitrogens is 2. The van der Waals surface area contributed by atoms with E-state index in [1.165, 1.54) is 16.9 Å². The second kappa shape index (κ2) is 12.5. The maximum absolute atomic E-state index is 15.2. The number of hydrogen-bond acceptors (Lipinski definition) is 8. The number of aryl methyl sites for hydroxylation is 2. The summed E-state index contributed by atoms with van der Waals surface area (Å²) in [6, 6.07) is 9.22. The first-order valence-electron chi connectivity index (χ1n) is 17.2. The molecule has 1 N–H and O–H groups in total. The van der Waals surface area contributed by atoms with Crippen LogP contribution < -0.4 is 9.64 Å². The Kier molecular flexibility index (Phi) is 8.56. The number of benzene rings is 2. The zero-order chi connectivity index (χ0) is 37.1. The minimum Gasteiger partial charge on any atom is -0.503 e. The molecule has 2 aliphatic heterocycles. The highest BCUT2D eigenvalue weighted by Gasteiger charge is 2.68. The normalized spacial score (nSPS) is 27.0. The number of nitrogens with zero attached hydrogens (tertiary/aromatic N) is 4. The van der Waals surface area contributed by atoms with Crippen LogP contribution in [-0.4, -0.2) is 57.1 Å². The summed E-state index contributed by atoms with van der Waals surface area (Å²) in [5.41, 5.74) is 1.79. The molecule has 52 heavy (non-hydrogen) atoms. The summed E-state index contributed by atoms with van der Waals surface area (Å²) >= 11 is 15.1. The van der Waals surface area contributed by atoms with Crippen LogP contribution >= 0.6 is 54.8 Å². The van der Waals surface area contributed by atoms with Gasteiger partial charge < -0.3 is 9.84 Å². The fraction of sp³-hybridized carbons (Fsp3) is 0.395. The summed E-state index contributed by atoms with van der Waals surface area (Å²) in [5.74, 6) is -3.91. The van der Waals surface area contributed by atoms with Gasteiger partial charge in [-0.3, -0.25) is 28.8 Å². The number of carbonyl (C=O) groups excluding carboxylic acids is 4. The number of ether oxygens (including phenoxy) is 1. The first-order chi connectivity index (χ1) is 24.7. The van der Waals surface area contributed by atoms with Crippen LogP contribution in [0, 0.1) is 36.0 Å². The van der Waals surface area contributed by atoms with Crippen molar-refractivity contribution in [1.29, 1.82) is 0 Å². The van der Waals surface area contributed by atoms with Crippen LogP contribution in [0.4, 0.5) is 5.82 Å². The molecule has 4 amide bonds. The van der Waals surface area contributed by atoms with Gasteiger partial charge in [0.15, 0.2) is 11.5 Å². The van der Waals surface area contributed by atoms with Gasteiger partial charge in [-0.15, -0.1) is 11.3 Å². The van der Waals surface area contributed by atoms with Crippen molar-refractivity contribution in [2.75, 3.05) is 18.6 Å². The monoisotopic (exact) mass is 868 g/mol. The summed E-state index contributed by atoms with van der Waals surface area (Å²) < 4.78 is 9.02. The Bertz CT molecular complexity index is 2300. The van der Waals surface area contributed by atoms with Gasteiger partial charge in [0.25, 0.3) is 0 Å². The van der Waals surface area contributed by atoms with Crippen molar-refractivity contribution >= 4 is 94.3 Å². The molecule has 0 spiro atoms. The Morgan fingerprint density at radius 1 is 1.08 bits per heavy atom. The van der Waals surface area contributed by atoms with E-state index in [-0.39, 0.29) is 41.5 Å². The maximum Gasteiger partial charge on any atom is 0.242 e. The SMILES string of the molecule is CCCN1C(=O)C2CC=C3C(CC4C(=O)N(c5cc(-c6sc7ccc(Cl)cc7c6C)nn5C)C(=O)C4(C)C3c3cc(OC)c(O)c(Br)c3Br)C2C1=O. The molecular formula is C38H35Br2ClN4O6S. The van der Waals surface area contributed by atoms with Crippen LogP contribution in [-0.2, 0) is 26.2 Å². The van der Waals surface area contributed by atoms with E-state index in [0.29, 0.717) is 50.4 Å². The van der Waals surface area contributed by atoms with E-state index in [1.807, 2.05) is 45.0 Å². The van der Waals surface area contributed by atoms with E-state index in [1.54, 1.807) is 35.2 Å². The summed E-state index contributed by atoms with van der Waals surface area (Å²) in [4.78, 5) is 61.2. The van der Waals surface area contributed by atoms with Crippen LogP contribution in [0.15, 0.2) is 50.9 Å². The van der Waals surface area contributed by atoms with Gasteiger partial charge in [0.05, 0.1) is 39.6 Å². The van der Waals surface area contributed by atoms with E-state index < -0.39 is 35.0 Å². The van der Waals surface area contributed by atoms with Crippen molar-refractivity contribution in [3.8, 4) is 22.1 Å². The zero-order valence-electron chi connectivity index (χ0n) is 29.0. The molecule has 0 bridgehead atoms. The second-order valence-electron chi connectivity index (χ2n) is 14.3. The van der Waals surface area contributed by atoms with Crippen molar-refractivity contribution in [2.24, 2.45) is 36.1 Å². The molecule has 10 nitrogen and oxygen atoms in total. The molecule has 6 unspecified atom stereocenters. The highest BCUT2D eigenvalue weighted by molar-refractivity contribution is 9.13. The molecule has 4 aromatic rings. The number of thiophene rings is 1. The number of likely N-dealkylation sites (tertiary alicyclic amines) is 1. The fourth-order valence-corrected chi connectivity index (χ4v) is 11.6. The van der Waals surface area contributed by atoms with E-state index in [2.05, 4.69) is 31.9 Å². The summed E-state index contributed by atoms with van der Waals surface area (Å²) in [7, 11) is 3.17. The van der Waals surface area contributed by atoms with Crippen molar-refractivity contribution in [1.82, 2.24) is 14.7 Å². The molecule has 1 saturated carbocycles. The Balaban J connectivity index is 1.28. The highest BCUT2D eigenvalue weighted by Crippen LogP contribution is 2.65. The van der Waals surface area contributed by atoms with Gasteiger partial charge in [0, 0.05) is 39.8 Å². The van der Waals surface area contributed by atoms with Crippen LogP contribution in [0.2, 0.25) is 5.02 Å². The Hall–Kier alpha value is -3.52. The fourth-order valence-electron chi connectivity index (χ4n) is 9.28. The molecule has 4 aliphatic rings. The number of imide groups is 2. The smallest absolute Gasteiger partial charge is 0.242 e. The molecule has 270 valence electrons. The first-order valence-corrected chi connectivity index (χ1v) is 19.9. The number of anilines is 1. The Morgan fingerprint density at radius 3 is 2.54 bits per heavy atom. The average Bonchev–Trinajstić information content (AvgIpc) is 3.78. The predicted octanol–water partition coefficient (Wildman–Crippen LogP) is 8.14. The van der Waals surface area contributed by atoms with Gasteiger partial charge in [-0.05, 0) is 112 Å². The van der Waals surface area contributed by atoms with Crippen molar-refractivity contribution < 1.29 is 29.0 Å². The van der Waals surface area contributed by atoms with Gasteiger partial charge >= 0.3 is 0 Å². The first kappa shape index (κ1) is 35.5. The maximum atomic E-state index is 15.2. The number of hydrogen-bond donors (Lipinski definition) is 1. The van der Waals surface area contributed by atoms with Gasteiger partial charge in [-0.25, -0.2) is 4.90 Å². The summed E-state index contributed by atoms with van der Waals surface area (Å²) in [6.45, 7) is 6.10. The Morgan fingerprint density at radius 2 is 1.83 bits per heavy atom. The van der Waals surface area contributed by atoms with Gasteiger partial charge in [-0.1, -0.05) is 30.2 Å². The number of halogens is 3. The molecule has 6 atom stereocenters. The average molecular weight is 871 g/mol. The molecular weight excluding hydrogens is 836 g/mol. The predicted molar refractivity (Wildman–Crippen MR) is 205 cm³/mol. The molecule has 4 heterocycles. The standard InChI is InChI=1S/C38H35Br2ClN4O6S/c1-6-11-44-34(47)19-9-8-18-21(28(19)36(44)49)13-23-35(48)45(37(50)38(23,3)29(18)22-14-25(51-5)32(46)31(40)30(22)39)27-15-24(42-43(27)4)33-16(2)20-12-17(41)7-10-26(20)52-33/h7-8,10,12,14-15,19,21,23,28-29,46H,6,9,11,13H2,1-5H3. The van der Waals surface area contributed by atoms with Crippen LogP contribution in [0.5, 0.6) is 11.5 Å². The molecule has 8 rings (SSSR count). The highest BCUT2D eigenvalue weighted by atomic mass is 79.9. The van der Waals surface area contributed by atoms with Crippen LogP contribution in [0.1, 0.15) is 50.2 Å². The van der Waals surface area contributed by atoms with Crippen LogP contribution in [0.25, 0.3) is 20.7 Å². The lowest BCUT2D eigenvalue weighted by atomic mass is 9.51. The topological polar surface area (TPSA) is 122 Å². The third-order valence-electron chi connectivity index (χ3n) is 11.7. The minimum absolute atomic E-state index is 0.117. The Labute approximate surface area is 326 Å². The van der Waals surface area contributed by atoms with E-state index in [0.717, 1.165) is 26.1 Å². The van der Waals surface area contributed by atoms with Crippen molar-refractivity contribution in [3.63, 3.8) is 0 Å². The lowest BCUT2D eigenvalue weighted by Gasteiger charge is -2.49. The van der Waals surface area contributed by atoms with Gasteiger partial charge in [-0.2, -0.15) is 5.10 Å². The number of allylic oxidation sites excluding steroid dienone is 2. The van der Waals surface area contributed by atoms with Crippen LogP contribution in [0.3, 0.4) is 0 Å². The van der Waals surface area contributed by atoms with E-state index in [9.17, 15) is 19.5 Å². The van der Waals surface area contributed by atoms with Gasteiger partial charge in [0.2, 0.25) is 23.6 Å². The quantitative estimate of drug-likeness (QED) is 0.153. The lowest BCUT2D eigenvalue weighted by molar-refractivity contribution is -0.140. The summed E-state index contributed by atoms with van der Waals surface area (Å²) in [5, 5.41) is 17.3. The van der Waals surface area contributed by atoms with E-state index >= 15 is 4.79 Å². The number of rotatable bonds is 6. The number of fused-ring (bicyclic) bond motifs is 5. The number of amides is 4. The third-order valence-corrected chi connectivity index (χ3v) is 15.4. The molecule has 2 aromatic heterocycles. The number of methoxy groups -OCH3 is 1. The van der Waals surface area contributed by atoms with E-state index in [4.69, 9.17) is 21.4 Å². The number of phenols is 1.